The summed E-state index contributed by atoms with van der Waals surface area (Å²) in [6, 6.07) is 3.62. The molecule has 0 radical (unpaired) electrons. The van der Waals surface area contributed by atoms with Crippen molar-refractivity contribution in [1.29, 1.82) is 0 Å². The standard InChI is InChI=1S/C13H12N2O2/c16-11-5-2-1-4-10-9(11)8-14-13(15-10)12-6-3-7-17-12/h3,6-8H,1-2,4-5H2. The van der Waals surface area contributed by atoms with Crippen LogP contribution in [0.5, 0.6) is 0 Å². The lowest BCUT2D eigenvalue weighted by Gasteiger charge is -2.04. The highest BCUT2D eigenvalue weighted by molar-refractivity contribution is 5.97. The maximum Gasteiger partial charge on any atom is 0.195 e. The highest BCUT2D eigenvalue weighted by atomic mass is 16.3. The SMILES string of the molecule is O=C1CCCCc2nc(-c3ccco3)ncc21. The van der Waals surface area contributed by atoms with E-state index in [2.05, 4.69) is 9.97 Å². The fraction of sp³-hybridized carbons (Fsp3) is 0.308. The van der Waals surface area contributed by atoms with Crippen LogP contribution >= 0.6 is 0 Å². The highest BCUT2D eigenvalue weighted by Gasteiger charge is 2.18. The van der Waals surface area contributed by atoms with Gasteiger partial charge in [-0.1, -0.05) is 0 Å². The molecule has 0 fully saturated rings. The lowest BCUT2D eigenvalue weighted by Crippen LogP contribution is -2.04. The lowest BCUT2D eigenvalue weighted by atomic mass is 10.1. The molecule has 0 aromatic carbocycles. The second-order valence-electron chi connectivity index (χ2n) is 4.16. The smallest absolute Gasteiger partial charge is 0.195 e. The van der Waals surface area contributed by atoms with Gasteiger partial charge in [-0.3, -0.25) is 4.79 Å². The van der Waals surface area contributed by atoms with Gasteiger partial charge >= 0.3 is 0 Å². The third kappa shape index (κ3) is 1.86. The summed E-state index contributed by atoms with van der Waals surface area (Å²) in [5, 5.41) is 0. The second kappa shape index (κ2) is 4.13. The molecule has 0 N–H and O–H groups in total. The number of hydrogen-bond acceptors (Lipinski definition) is 4. The Morgan fingerprint density at radius 3 is 2.94 bits per heavy atom. The quantitative estimate of drug-likeness (QED) is 0.704. The molecule has 4 nitrogen and oxygen atoms in total. The molecule has 2 heterocycles. The van der Waals surface area contributed by atoms with Crippen molar-refractivity contribution >= 4 is 5.78 Å². The molecular formula is C13H12N2O2. The Morgan fingerprint density at radius 2 is 2.12 bits per heavy atom. The van der Waals surface area contributed by atoms with E-state index in [0.29, 0.717) is 23.6 Å². The maximum atomic E-state index is 11.8. The minimum absolute atomic E-state index is 0.156. The summed E-state index contributed by atoms with van der Waals surface area (Å²) in [4.78, 5) is 20.4. The van der Waals surface area contributed by atoms with Crippen molar-refractivity contribution in [2.45, 2.75) is 25.7 Å². The van der Waals surface area contributed by atoms with Gasteiger partial charge in [0, 0.05) is 12.6 Å². The van der Waals surface area contributed by atoms with E-state index in [4.69, 9.17) is 4.42 Å². The van der Waals surface area contributed by atoms with Crippen LogP contribution in [0.2, 0.25) is 0 Å². The Kier molecular flexibility index (Phi) is 2.48. The lowest BCUT2D eigenvalue weighted by molar-refractivity contribution is 0.0981. The van der Waals surface area contributed by atoms with E-state index >= 15 is 0 Å². The van der Waals surface area contributed by atoms with Gasteiger partial charge in [0.2, 0.25) is 0 Å². The Hall–Kier alpha value is -1.97. The van der Waals surface area contributed by atoms with Crippen LogP contribution in [0.4, 0.5) is 0 Å². The molecule has 0 unspecified atom stereocenters. The molecule has 3 rings (SSSR count). The minimum Gasteiger partial charge on any atom is -0.461 e. The monoisotopic (exact) mass is 228 g/mol. The number of Topliss-reactive ketones (excluding diaryl/α,β-unsaturated/α-hetero) is 1. The molecular weight excluding hydrogens is 216 g/mol. The molecule has 0 spiro atoms. The van der Waals surface area contributed by atoms with Gasteiger partial charge in [0.15, 0.2) is 17.4 Å². The number of rotatable bonds is 1. The molecule has 1 aliphatic rings. The summed E-state index contributed by atoms with van der Waals surface area (Å²) < 4.78 is 5.26. The summed E-state index contributed by atoms with van der Waals surface area (Å²) in [6.45, 7) is 0. The Morgan fingerprint density at radius 1 is 1.24 bits per heavy atom. The maximum absolute atomic E-state index is 11.8. The first-order valence-electron chi connectivity index (χ1n) is 5.77. The fourth-order valence-electron chi connectivity index (χ4n) is 2.08. The van der Waals surface area contributed by atoms with Crippen molar-refractivity contribution in [2.75, 3.05) is 0 Å². The van der Waals surface area contributed by atoms with E-state index in [-0.39, 0.29) is 5.78 Å². The summed E-state index contributed by atoms with van der Waals surface area (Å²) in [5.41, 5.74) is 1.53. The molecule has 4 heteroatoms. The third-order valence-electron chi connectivity index (χ3n) is 2.98. The van der Waals surface area contributed by atoms with Crippen LogP contribution in [0, 0.1) is 0 Å². The van der Waals surface area contributed by atoms with Gasteiger partial charge in [0.25, 0.3) is 0 Å². The second-order valence-corrected chi connectivity index (χ2v) is 4.16. The largest absolute Gasteiger partial charge is 0.461 e. The zero-order chi connectivity index (χ0) is 11.7. The van der Waals surface area contributed by atoms with E-state index < -0.39 is 0 Å². The van der Waals surface area contributed by atoms with Crippen molar-refractivity contribution in [2.24, 2.45) is 0 Å². The molecule has 2 aromatic rings. The van der Waals surface area contributed by atoms with Crippen LogP contribution in [0.3, 0.4) is 0 Å². The minimum atomic E-state index is 0.156. The highest BCUT2D eigenvalue weighted by Crippen LogP contribution is 2.22. The van der Waals surface area contributed by atoms with E-state index in [1.165, 1.54) is 0 Å². The summed E-state index contributed by atoms with van der Waals surface area (Å²) in [6.07, 6.45) is 6.62. The number of ketones is 1. The van der Waals surface area contributed by atoms with Crippen LogP contribution in [-0.4, -0.2) is 15.8 Å². The van der Waals surface area contributed by atoms with E-state index in [9.17, 15) is 4.79 Å². The van der Waals surface area contributed by atoms with Gasteiger partial charge in [-0.25, -0.2) is 9.97 Å². The zero-order valence-corrected chi connectivity index (χ0v) is 9.35. The summed E-state index contributed by atoms with van der Waals surface area (Å²) >= 11 is 0. The molecule has 1 aliphatic carbocycles. The summed E-state index contributed by atoms with van der Waals surface area (Å²) in [7, 11) is 0. The fourth-order valence-corrected chi connectivity index (χ4v) is 2.08. The Balaban J connectivity index is 2.06. The number of hydrogen-bond donors (Lipinski definition) is 0. The van der Waals surface area contributed by atoms with Crippen LogP contribution in [0.25, 0.3) is 11.6 Å². The normalized spacial score (nSPS) is 15.4. The van der Waals surface area contributed by atoms with Crippen LogP contribution < -0.4 is 0 Å². The molecule has 0 atom stereocenters. The van der Waals surface area contributed by atoms with Gasteiger partial charge in [0.05, 0.1) is 17.5 Å². The molecule has 0 saturated heterocycles. The number of furan rings is 1. The third-order valence-corrected chi connectivity index (χ3v) is 2.98. The topological polar surface area (TPSA) is 56.0 Å². The van der Waals surface area contributed by atoms with Gasteiger partial charge in [-0.2, -0.15) is 0 Å². The Labute approximate surface area is 98.7 Å². The average Bonchev–Trinajstić information content (AvgIpc) is 2.82. The predicted molar refractivity (Wildman–Crippen MR) is 61.6 cm³/mol. The van der Waals surface area contributed by atoms with Crippen molar-refractivity contribution in [1.82, 2.24) is 9.97 Å². The van der Waals surface area contributed by atoms with Crippen molar-refractivity contribution < 1.29 is 9.21 Å². The predicted octanol–water partition coefficient (Wildman–Crippen LogP) is 2.65. The molecule has 86 valence electrons. The molecule has 0 amide bonds. The van der Waals surface area contributed by atoms with Gasteiger partial charge in [-0.05, 0) is 31.4 Å². The van der Waals surface area contributed by atoms with Crippen LogP contribution in [0.1, 0.15) is 35.3 Å². The van der Waals surface area contributed by atoms with E-state index in [1.807, 2.05) is 6.07 Å². The molecule has 0 bridgehead atoms. The summed E-state index contributed by atoms with van der Waals surface area (Å²) in [5.74, 6) is 1.36. The van der Waals surface area contributed by atoms with Gasteiger partial charge in [-0.15, -0.1) is 0 Å². The number of aromatic nitrogens is 2. The first kappa shape index (κ1) is 10.2. The van der Waals surface area contributed by atoms with Crippen LogP contribution in [0.15, 0.2) is 29.0 Å². The zero-order valence-electron chi connectivity index (χ0n) is 9.35. The average molecular weight is 228 g/mol. The van der Waals surface area contributed by atoms with Crippen molar-refractivity contribution in [3.63, 3.8) is 0 Å². The first-order valence-corrected chi connectivity index (χ1v) is 5.77. The molecule has 0 aliphatic heterocycles. The number of carbonyl (C=O) groups excluding carboxylic acids is 1. The van der Waals surface area contributed by atoms with Gasteiger partial charge < -0.3 is 4.42 Å². The van der Waals surface area contributed by atoms with E-state index in [1.54, 1.807) is 18.5 Å². The number of aryl methyl sites for hydroxylation is 1. The van der Waals surface area contributed by atoms with Crippen LogP contribution in [-0.2, 0) is 6.42 Å². The van der Waals surface area contributed by atoms with Gasteiger partial charge in [0.1, 0.15) is 0 Å². The first-order chi connectivity index (χ1) is 8.34. The Bertz CT molecular complexity index is 547. The number of nitrogens with zero attached hydrogens (tertiary/aromatic N) is 2. The molecule has 17 heavy (non-hydrogen) atoms. The molecule has 0 saturated carbocycles. The molecule has 2 aromatic heterocycles. The number of fused-ring (bicyclic) bond motifs is 1. The van der Waals surface area contributed by atoms with Crippen molar-refractivity contribution in [3.8, 4) is 11.6 Å². The number of carbonyl (C=O) groups is 1. The van der Waals surface area contributed by atoms with E-state index in [0.717, 1.165) is 25.0 Å². The van der Waals surface area contributed by atoms with Crippen molar-refractivity contribution in [3.05, 3.63) is 35.9 Å².